The first kappa shape index (κ1) is 16.7. The predicted octanol–water partition coefficient (Wildman–Crippen LogP) is -0.0227. The van der Waals surface area contributed by atoms with Gasteiger partial charge in [0.15, 0.2) is 0 Å². The Hall–Kier alpha value is -0.700. The van der Waals surface area contributed by atoms with Crippen molar-refractivity contribution < 1.29 is 17.9 Å². The summed E-state index contributed by atoms with van der Waals surface area (Å²) in [7, 11) is -3.68. The summed E-state index contributed by atoms with van der Waals surface area (Å²) in [5, 5.41) is 0. The average Bonchev–Trinajstić information content (AvgIpc) is 2.48. The minimum atomic E-state index is -3.68. The quantitative estimate of drug-likeness (QED) is 0.718. The molecule has 1 saturated heterocycles. The summed E-state index contributed by atoms with van der Waals surface area (Å²) in [6, 6.07) is -0.819. The lowest BCUT2D eigenvalue weighted by atomic mass is 9.85. The van der Waals surface area contributed by atoms with Gasteiger partial charge in [-0.2, -0.15) is 17.4 Å². The molecule has 8 heteroatoms. The zero-order valence-electron chi connectivity index (χ0n) is 12.3. The fraction of sp³-hybridized carbons (Fsp3) is 0.923. The summed E-state index contributed by atoms with van der Waals surface area (Å²) in [4.78, 5) is 11.6. The number of ether oxygens (including phenoxy) is 1. The maximum atomic E-state index is 12.3. The van der Waals surface area contributed by atoms with Crippen LogP contribution in [0, 0.1) is 5.92 Å². The molecule has 0 aromatic heterocycles. The van der Waals surface area contributed by atoms with E-state index in [0.29, 0.717) is 38.6 Å². The third-order valence-electron chi connectivity index (χ3n) is 4.24. The second-order valence-electron chi connectivity index (χ2n) is 5.83. The summed E-state index contributed by atoms with van der Waals surface area (Å²) in [5.41, 5.74) is 5.38. The SMILES string of the molecule is NC(=O)[C@H](CC1CCCCC1)NS(=O)(=O)N1CCOCC1. The second kappa shape index (κ2) is 7.53. The van der Waals surface area contributed by atoms with Crippen LogP contribution in [-0.2, 0) is 19.7 Å². The highest BCUT2D eigenvalue weighted by Gasteiger charge is 2.31. The highest BCUT2D eigenvalue weighted by molar-refractivity contribution is 7.87. The van der Waals surface area contributed by atoms with Crippen LogP contribution in [0.15, 0.2) is 0 Å². The topological polar surface area (TPSA) is 102 Å². The minimum absolute atomic E-state index is 0.310. The Morgan fingerprint density at radius 2 is 1.86 bits per heavy atom. The molecule has 1 atom stereocenters. The van der Waals surface area contributed by atoms with Gasteiger partial charge < -0.3 is 10.5 Å². The number of amides is 1. The lowest BCUT2D eigenvalue weighted by molar-refractivity contribution is -0.120. The first-order valence-corrected chi connectivity index (χ1v) is 9.07. The van der Waals surface area contributed by atoms with Gasteiger partial charge in [0, 0.05) is 13.1 Å². The molecule has 0 bridgehead atoms. The molecule has 21 heavy (non-hydrogen) atoms. The molecule has 1 aliphatic heterocycles. The number of carbonyl (C=O) groups is 1. The van der Waals surface area contributed by atoms with Crippen LogP contribution in [0.5, 0.6) is 0 Å². The van der Waals surface area contributed by atoms with Gasteiger partial charge in [0.2, 0.25) is 5.91 Å². The van der Waals surface area contributed by atoms with Gasteiger partial charge in [-0.15, -0.1) is 0 Å². The molecule has 0 aromatic rings. The van der Waals surface area contributed by atoms with Crippen molar-refractivity contribution in [2.45, 2.75) is 44.6 Å². The number of nitrogens with zero attached hydrogens (tertiary/aromatic N) is 1. The van der Waals surface area contributed by atoms with Crippen LogP contribution < -0.4 is 10.5 Å². The number of morpholine rings is 1. The molecule has 0 aromatic carbocycles. The number of hydrogen-bond acceptors (Lipinski definition) is 4. The van der Waals surface area contributed by atoms with E-state index in [-0.39, 0.29) is 0 Å². The number of primary amides is 1. The van der Waals surface area contributed by atoms with Gasteiger partial charge in [-0.3, -0.25) is 4.79 Å². The van der Waals surface area contributed by atoms with Crippen LogP contribution in [0.4, 0.5) is 0 Å². The first-order chi connectivity index (χ1) is 9.99. The highest BCUT2D eigenvalue weighted by Crippen LogP contribution is 2.27. The lowest BCUT2D eigenvalue weighted by Crippen LogP contribution is -2.53. The fourth-order valence-corrected chi connectivity index (χ4v) is 4.37. The van der Waals surface area contributed by atoms with Crippen molar-refractivity contribution in [1.29, 1.82) is 0 Å². The van der Waals surface area contributed by atoms with Gasteiger partial charge in [0.05, 0.1) is 13.2 Å². The van der Waals surface area contributed by atoms with Crippen molar-refractivity contribution in [3.05, 3.63) is 0 Å². The zero-order valence-corrected chi connectivity index (χ0v) is 13.1. The van der Waals surface area contributed by atoms with E-state index < -0.39 is 22.2 Å². The van der Waals surface area contributed by atoms with Crippen LogP contribution in [0.2, 0.25) is 0 Å². The highest BCUT2D eigenvalue weighted by atomic mass is 32.2. The Balaban J connectivity index is 1.95. The van der Waals surface area contributed by atoms with E-state index in [1.807, 2.05) is 0 Å². The Kier molecular flexibility index (Phi) is 5.98. The molecule has 0 spiro atoms. The molecule has 2 aliphatic rings. The molecule has 2 rings (SSSR count). The maximum Gasteiger partial charge on any atom is 0.280 e. The zero-order chi connectivity index (χ0) is 15.3. The smallest absolute Gasteiger partial charge is 0.280 e. The fourth-order valence-electron chi connectivity index (χ4n) is 3.02. The first-order valence-electron chi connectivity index (χ1n) is 7.63. The Labute approximate surface area is 126 Å². The molecular weight excluding hydrogens is 294 g/mol. The van der Waals surface area contributed by atoms with Gasteiger partial charge in [-0.25, -0.2) is 0 Å². The number of nitrogens with two attached hydrogens (primary N) is 1. The Bertz CT molecular complexity index is 442. The molecule has 7 nitrogen and oxygen atoms in total. The molecule has 3 N–H and O–H groups in total. The van der Waals surface area contributed by atoms with Crippen LogP contribution in [0.3, 0.4) is 0 Å². The second-order valence-corrected chi connectivity index (χ2v) is 7.53. The van der Waals surface area contributed by atoms with Gasteiger partial charge in [-0.05, 0) is 12.3 Å². The van der Waals surface area contributed by atoms with E-state index in [4.69, 9.17) is 10.5 Å². The molecule has 1 saturated carbocycles. The number of nitrogens with one attached hydrogen (secondary N) is 1. The van der Waals surface area contributed by atoms with E-state index in [1.165, 1.54) is 10.7 Å². The monoisotopic (exact) mass is 319 g/mol. The van der Waals surface area contributed by atoms with Gasteiger partial charge in [0.1, 0.15) is 6.04 Å². The third-order valence-corrected chi connectivity index (χ3v) is 5.87. The lowest BCUT2D eigenvalue weighted by Gasteiger charge is -2.29. The minimum Gasteiger partial charge on any atom is -0.379 e. The molecule has 1 heterocycles. The molecule has 2 fully saturated rings. The normalized spacial score (nSPS) is 23.8. The molecule has 0 radical (unpaired) electrons. The van der Waals surface area contributed by atoms with Gasteiger partial charge in [-0.1, -0.05) is 32.1 Å². The Morgan fingerprint density at radius 3 is 2.43 bits per heavy atom. The summed E-state index contributed by atoms with van der Waals surface area (Å²) < 4.78 is 33.5. The van der Waals surface area contributed by atoms with E-state index in [0.717, 1.165) is 25.7 Å². The molecule has 1 aliphatic carbocycles. The molecule has 122 valence electrons. The van der Waals surface area contributed by atoms with Crippen molar-refractivity contribution in [1.82, 2.24) is 9.03 Å². The van der Waals surface area contributed by atoms with E-state index >= 15 is 0 Å². The van der Waals surface area contributed by atoms with E-state index in [9.17, 15) is 13.2 Å². The molecule has 0 unspecified atom stereocenters. The van der Waals surface area contributed by atoms with Crippen molar-refractivity contribution in [3.63, 3.8) is 0 Å². The van der Waals surface area contributed by atoms with Crippen molar-refractivity contribution in [2.75, 3.05) is 26.3 Å². The standard InChI is InChI=1S/C13H25N3O4S/c14-13(17)12(10-11-4-2-1-3-5-11)15-21(18,19)16-6-8-20-9-7-16/h11-12,15H,1-10H2,(H2,14,17)/t12-/m0/s1. The largest absolute Gasteiger partial charge is 0.379 e. The summed E-state index contributed by atoms with van der Waals surface area (Å²) >= 11 is 0. The number of carbonyl (C=O) groups excluding carboxylic acids is 1. The van der Waals surface area contributed by atoms with Gasteiger partial charge >= 0.3 is 0 Å². The summed E-state index contributed by atoms with van der Waals surface area (Å²) in [6.45, 7) is 1.38. The van der Waals surface area contributed by atoms with Gasteiger partial charge in [0.25, 0.3) is 10.2 Å². The predicted molar refractivity (Wildman–Crippen MR) is 78.6 cm³/mol. The van der Waals surface area contributed by atoms with Crippen molar-refractivity contribution in [2.24, 2.45) is 11.7 Å². The van der Waals surface area contributed by atoms with E-state index in [2.05, 4.69) is 4.72 Å². The van der Waals surface area contributed by atoms with Crippen molar-refractivity contribution >= 4 is 16.1 Å². The molecular formula is C13H25N3O4S. The van der Waals surface area contributed by atoms with Crippen LogP contribution in [-0.4, -0.2) is 51.0 Å². The number of hydrogen-bond donors (Lipinski definition) is 2. The Morgan fingerprint density at radius 1 is 1.24 bits per heavy atom. The molecule has 1 amide bonds. The number of rotatable bonds is 6. The third kappa shape index (κ3) is 4.91. The van der Waals surface area contributed by atoms with Crippen LogP contribution >= 0.6 is 0 Å². The van der Waals surface area contributed by atoms with Crippen LogP contribution in [0.1, 0.15) is 38.5 Å². The summed E-state index contributed by atoms with van der Waals surface area (Å²) in [5.74, 6) is -0.221. The maximum absolute atomic E-state index is 12.3. The van der Waals surface area contributed by atoms with E-state index in [1.54, 1.807) is 0 Å². The average molecular weight is 319 g/mol. The summed E-state index contributed by atoms with van der Waals surface area (Å²) in [6.07, 6.45) is 6.10. The van der Waals surface area contributed by atoms with Crippen LogP contribution in [0.25, 0.3) is 0 Å². The van der Waals surface area contributed by atoms with Crippen molar-refractivity contribution in [3.8, 4) is 0 Å².